The van der Waals surface area contributed by atoms with Gasteiger partial charge in [-0.05, 0) is 30.0 Å². The predicted molar refractivity (Wildman–Crippen MR) is 79.8 cm³/mol. The van der Waals surface area contributed by atoms with Crippen molar-refractivity contribution in [3.8, 4) is 0 Å². The quantitative estimate of drug-likeness (QED) is 0.876. The van der Waals surface area contributed by atoms with Crippen molar-refractivity contribution in [2.45, 2.75) is 33.4 Å². The van der Waals surface area contributed by atoms with Crippen molar-refractivity contribution >= 4 is 0 Å². The first-order valence-electron chi connectivity index (χ1n) is 6.86. The van der Waals surface area contributed by atoms with Crippen LogP contribution in [0, 0.1) is 12.8 Å². The van der Waals surface area contributed by atoms with Crippen LogP contribution in [-0.4, -0.2) is 4.98 Å². The van der Waals surface area contributed by atoms with Crippen LogP contribution >= 0.6 is 0 Å². The second kappa shape index (κ2) is 6.48. The number of hydrogen-bond donors (Lipinski definition) is 1. The Morgan fingerprint density at radius 3 is 2.37 bits per heavy atom. The molecule has 0 aliphatic heterocycles. The van der Waals surface area contributed by atoms with Crippen LogP contribution in [0.4, 0.5) is 0 Å². The molecule has 1 heterocycles. The van der Waals surface area contributed by atoms with Gasteiger partial charge in [0.05, 0.1) is 0 Å². The fourth-order valence-electron chi connectivity index (χ4n) is 2.23. The third kappa shape index (κ3) is 3.90. The number of hydrogen-bond acceptors (Lipinski definition) is 2. The molecule has 100 valence electrons. The van der Waals surface area contributed by atoms with Crippen LogP contribution < -0.4 is 5.32 Å². The molecule has 19 heavy (non-hydrogen) atoms. The van der Waals surface area contributed by atoms with Gasteiger partial charge in [0.15, 0.2) is 0 Å². The molecule has 0 aliphatic rings. The average molecular weight is 254 g/mol. The Balaban J connectivity index is 2.04. The van der Waals surface area contributed by atoms with E-state index in [4.69, 9.17) is 0 Å². The zero-order valence-corrected chi connectivity index (χ0v) is 11.9. The van der Waals surface area contributed by atoms with E-state index in [1.54, 1.807) is 0 Å². The molecule has 1 N–H and O–H groups in total. The van der Waals surface area contributed by atoms with Gasteiger partial charge in [-0.3, -0.25) is 4.98 Å². The second-order valence-corrected chi connectivity index (χ2v) is 5.32. The highest BCUT2D eigenvalue weighted by molar-refractivity contribution is 5.20. The Kier molecular flexibility index (Phi) is 4.69. The predicted octanol–water partition coefficient (Wildman–Crippen LogP) is 3.88. The van der Waals surface area contributed by atoms with Crippen molar-refractivity contribution < 1.29 is 0 Å². The van der Waals surface area contributed by atoms with Crippen molar-refractivity contribution in [1.29, 1.82) is 0 Å². The van der Waals surface area contributed by atoms with E-state index < -0.39 is 0 Å². The number of benzene rings is 1. The van der Waals surface area contributed by atoms with Gasteiger partial charge in [0.1, 0.15) is 0 Å². The molecule has 2 nitrogen and oxygen atoms in total. The summed E-state index contributed by atoms with van der Waals surface area (Å²) in [7, 11) is 0. The Bertz CT molecular complexity index is 488. The molecular formula is C17H22N2. The van der Waals surface area contributed by atoms with Crippen LogP contribution in [0.3, 0.4) is 0 Å². The normalized spacial score (nSPS) is 12.6. The van der Waals surface area contributed by atoms with E-state index in [2.05, 4.69) is 66.6 Å². The van der Waals surface area contributed by atoms with Gasteiger partial charge in [-0.1, -0.05) is 50.2 Å². The Labute approximate surface area is 115 Å². The lowest BCUT2D eigenvalue weighted by Gasteiger charge is -2.23. The number of nitrogens with one attached hydrogen (secondary N) is 1. The molecule has 0 spiro atoms. The van der Waals surface area contributed by atoms with E-state index in [9.17, 15) is 0 Å². The standard InChI is InChI=1S/C17H22N2/c1-13(2)17(16-7-5-4-6-8-16)19-12-15-10-9-14(3)18-11-15/h4-11,13,17,19H,12H2,1-3H3. The maximum Gasteiger partial charge on any atom is 0.0372 e. The van der Waals surface area contributed by atoms with Gasteiger partial charge in [0.25, 0.3) is 0 Å². The molecule has 0 aliphatic carbocycles. The van der Waals surface area contributed by atoms with Crippen molar-refractivity contribution in [2.24, 2.45) is 5.92 Å². The molecule has 1 atom stereocenters. The number of aryl methyl sites for hydroxylation is 1. The molecule has 0 fully saturated rings. The van der Waals surface area contributed by atoms with Gasteiger partial charge in [-0.15, -0.1) is 0 Å². The van der Waals surface area contributed by atoms with E-state index in [0.29, 0.717) is 12.0 Å². The molecule has 0 saturated carbocycles. The van der Waals surface area contributed by atoms with E-state index in [1.165, 1.54) is 11.1 Å². The smallest absolute Gasteiger partial charge is 0.0372 e. The molecule has 2 rings (SSSR count). The van der Waals surface area contributed by atoms with Crippen LogP contribution in [0.25, 0.3) is 0 Å². The molecule has 0 radical (unpaired) electrons. The molecule has 2 heteroatoms. The molecule has 0 bridgehead atoms. The number of aromatic nitrogens is 1. The van der Waals surface area contributed by atoms with E-state index >= 15 is 0 Å². The SMILES string of the molecule is Cc1ccc(CNC(c2ccccc2)C(C)C)cn1. The molecule has 1 aromatic carbocycles. The molecular weight excluding hydrogens is 232 g/mol. The molecule has 0 saturated heterocycles. The van der Waals surface area contributed by atoms with Crippen LogP contribution in [0.15, 0.2) is 48.7 Å². The van der Waals surface area contributed by atoms with Crippen molar-refractivity contribution in [1.82, 2.24) is 10.3 Å². The van der Waals surface area contributed by atoms with E-state index in [1.807, 2.05) is 13.1 Å². The highest BCUT2D eigenvalue weighted by atomic mass is 14.9. The van der Waals surface area contributed by atoms with Gasteiger partial charge < -0.3 is 5.32 Å². The Hall–Kier alpha value is -1.67. The molecule has 0 amide bonds. The summed E-state index contributed by atoms with van der Waals surface area (Å²) in [4.78, 5) is 4.33. The third-order valence-electron chi connectivity index (χ3n) is 3.32. The summed E-state index contributed by atoms with van der Waals surface area (Å²) in [6.07, 6.45) is 1.95. The van der Waals surface area contributed by atoms with Crippen LogP contribution in [0.1, 0.15) is 36.7 Å². The summed E-state index contributed by atoms with van der Waals surface area (Å²) in [5.41, 5.74) is 3.64. The fourth-order valence-corrected chi connectivity index (χ4v) is 2.23. The van der Waals surface area contributed by atoms with Gasteiger partial charge in [0.2, 0.25) is 0 Å². The maximum atomic E-state index is 4.33. The zero-order chi connectivity index (χ0) is 13.7. The first kappa shape index (κ1) is 13.8. The van der Waals surface area contributed by atoms with E-state index in [-0.39, 0.29) is 0 Å². The average Bonchev–Trinajstić information content (AvgIpc) is 2.42. The summed E-state index contributed by atoms with van der Waals surface area (Å²) in [5.74, 6) is 0.556. The Morgan fingerprint density at radius 2 is 1.79 bits per heavy atom. The van der Waals surface area contributed by atoms with Crippen molar-refractivity contribution in [2.75, 3.05) is 0 Å². The first-order valence-corrected chi connectivity index (χ1v) is 6.86. The van der Waals surface area contributed by atoms with Gasteiger partial charge in [-0.25, -0.2) is 0 Å². The van der Waals surface area contributed by atoms with E-state index in [0.717, 1.165) is 12.2 Å². The number of nitrogens with zero attached hydrogens (tertiary/aromatic N) is 1. The summed E-state index contributed by atoms with van der Waals surface area (Å²) in [6.45, 7) is 7.36. The van der Waals surface area contributed by atoms with Crippen molar-refractivity contribution in [3.63, 3.8) is 0 Å². The maximum absolute atomic E-state index is 4.33. The highest BCUT2D eigenvalue weighted by Gasteiger charge is 2.14. The number of pyridine rings is 1. The summed E-state index contributed by atoms with van der Waals surface area (Å²) in [6, 6.07) is 15.2. The largest absolute Gasteiger partial charge is 0.306 e. The number of rotatable bonds is 5. The lowest BCUT2D eigenvalue weighted by Crippen LogP contribution is -2.25. The van der Waals surface area contributed by atoms with Crippen LogP contribution in [0.5, 0.6) is 0 Å². The Morgan fingerprint density at radius 1 is 1.05 bits per heavy atom. The molecule has 2 aromatic rings. The minimum absolute atomic E-state index is 0.377. The fraction of sp³-hybridized carbons (Fsp3) is 0.353. The van der Waals surface area contributed by atoms with Gasteiger partial charge >= 0.3 is 0 Å². The topological polar surface area (TPSA) is 24.9 Å². The molecule has 1 unspecified atom stereocenters. The second-order valence-electron chi connectivity index (χ2n) is 5.32. The van der Waals surface area contributed by atoms with Crippen LogP contribution in [0.2, 0.25) is 0 Å². The minimum Gasteiger partial charge on any atom is -0.306 e. The lowest BCUT2D eigenvalue weighted by molar-refractivity contribution is 0.410. The van der Waals surface area contributed by atoms with Gasteiger partial charge in [-0.2, -0.15) is 0 Å². The highest BCUT2D eigenvalue weighted by Crippen LogP contribution is 2.21. The van der Waals surface area contributed by atoms with Crippen molar-refractivity contribution in [3.05, 3.63) is 65.5 Å². The molecule has 1 aromatic heterocycles. The summed E-state index contributed by atoms with van der Waals surface area (Å²) in [5, 5.41) is 3.63. The lowest BCUT2D eigenvalue weighted by atomic mass is 9.96. The summed E-state index contributed by atoms with van der Waals surface area (Å²) < 4.78 is 0. The minimum atomic E-state index is 0.377. The first-order chi connectivity index (χ1) is 9.16. The van der Waals surface area contributed by atoms with Gasteiger partial charge in [0, 0.05) is 24.5 Å². The third-order valence-corrected chi connectivity index (χ3v) is 3.32. The van der Waals surface area contributed by atoms with Crippen LogP contribution in [-0.2, 0) is 6.54 Å². The zero-order valence-electron chi connectivity index (χ0n) is 11.9. The monoisotopic (exact) mass is 254 g/mol. The summed E-state index contributed by atoms with van der Waals surface area (Å²) >= 11 is 0.